The molecule has 1 unspecified atom stereocenters. The Hall–Kier alpha value is -0.150. The number of nitrogens with zero attached hydrogens (tertiary/aromatic N) is 1. The quantitative estimate of drug-likeness (QED) is 0.580. The molecule has 1 aliphatic heterocycles. The third kappa shape index (κ3) is 1.30. The standard InChI is InChI=1S/C7H14FNO/c1-5(10)7-6(8)3-4-9(7)2/h5-7,10H,3-4H2,1-2H3/t5?,6-,7+/m0/s1. The highest BCUT2D eigenvalue weighted by Crippen LogP contribution is 2.21. The Balaban J connectivity index is 2.54. The molecule has 0 radical (unpaired) electrons. The predicted octanol–water partition coefficient (Wildman–Crippen LogP) is 0.409. The van der Waals surface area contributed by atoms with Gasteiger partial charge in [-0.05, 0) is 20.4 Å². The van der Waals surface area contributed by atoms with E-state index in [0.29, 0.717) is 6.42 Å². The van der Waals surface area contributed by atoms with Crippen LogP contribution in [0.25, 0.3) is 0 Å². The minimum Gasteiger partial charge on any atom is -0.392 e. The Labute approximate surface area is 60.6 Å². The fourth-order valence-corrected chi connectivity index (χ4v) is 1.59. The zero-order chi connectivity index (χ0) is 7.72. The summed E-state index contributed by atoms with van der Waals surface area (Å²) in [5, 5.41) is 9.11. The number of halogens is 1. The summed E-state index contributed by atoms with van der Waals surface area (Å²) in [6.07, 6.45) is -0.834. The molecule has 0 saturated carbocycles. The largest absolute Gasteiger partial charge is 0.392 e. The monoisotopic (exact) mass is 147 g/mol. The topological polar surface area (TPSA) is 23.5 Å². The number of alkyl halides is 1. The Bertz CT molecular complexity index is 108. The molecule has 1 heterocycles. The number of hydrogen-bond donors (Lipinski definition) is 1. The summed E-state index contributed by atoms with van der Waals surface area (Å²) in [7, 11) is 1.84. The molecular formula is C7H14FNO. The SMILES string of the molecule is CC(O)[C@@H]1[C@@H](F)CCN1C. The fraction of sp³-hybridized carbons (Fsp3) is 1.00. The molecule has 2 nitrogen and oxygen atoms in total. The maximum Gasteiger partial charge on any atom is 0.119 e. The first-order chi connectivity index (χ1) is 4.63. The molecule has 3 atom stereocenters. The van der Waals surface area contributed by atoms with Gasteiger partial charge in [-0.3, -0.25) is 4.90 Å². The van der Waals surface area contributed by atoms with E-state index in [1.54, 1.807) is 6.92 Å². The lowest BCUT2D eigenvalue weighted by Crippen LogP contribution is -2.39. The Morgan fingerprint density at radius 1 is 1.70 bits per heavy atom. The molecule has 0 spiro atoms. The molecule has 0 aromatic rings. The molecule has 1 fully saturated rings. The molecule has 1 rings (SSSR count). The lowest BCUT2D eigenvalue weighted by molar-refractivity contribution is 0.0672. The second kappa shape index (κ2) is 2.84. The van der Waals surface area contributed by atoms with E-state index < -0.39 is 12.3 Å². The third-order valence-electron chi connectivity index (χ3n) is 2.13. The first kappa shape index (κ1) is 7.95. The molecule has 1 saturated heterocycles. The Kier molecular flexibility index (Phi) is 2.26. The Morgan fingerprint density at radius 2 is 2.30 bits per heavy atom. The van der Waals surface area contributed by atoms with E-state index in [0.717, 1.165) is 6.54 Å². The van der Waals surface area contributed by atoms with Crippen molar-refractivity contribution in [2.24, 2.45) is 0 Å². The summed E-state index contributed by atoms with van der Waals surface area (Å²) in [6, 6.07) is -0.278. The van der Waals surface area contributed by atoms with Gasteiger partial charge in [0.1, 0.15) is 6.17 Å². The van der Waals surface area contributed by atoms with Gasteiger partial charge in [0.2, 0.25) is 0 Å². The number of likely N-dealkylation sites (N-methyl/N-ethyl adjacent to an activating group) is 1. The first-order valence-corrected chi connectivity index (χ1v) is 3.65. The maximum atomic E-state index is 12.9. The molecule has 1 aliphatic rings. The Morgan fingerprint density at radius 3 is 2.50 bits per heavy atom. The van der Waals surface area contributed by atoms with Crippen LogP contribution in [0.1, 0.15) is 13.3 Å². The average molecular weight is 147 g/mol. The highest BCUT2D eigenvalue weighted by molar-refractivity contribution is 4.88. The molecule has 10 heavy (non-hydrogen) atoms. The van der Waals surface area contributed by atoms with Crippen molar-refractivity contribution in [2.45, 2.75) is 31.7 Å². The summed E-state index contributed by atoms with van der Waals surface area (Å²) < 4.78 is 12.9. The molecule has 1 N–H and O–H groups in total. The van der Waals surface area contributed by atoms with Gasteiger partial charge in [0.25, 0.3) is 0 Å². The van der Waals surface area contributed by atoms with Crippen molar-refractivity contribution in [1.29, 1.82) is 0 Å². The van der Waals surface area contributed by atoms with Gasteiger partial charge in [0.05, 0.1) is 12.1 Å². The molecule has 60 valence electrons. The fourth-order valence-electron chi connectivity index (χ4n) is 1.59. The van der Waals surface area contributed by atoms with Crippen molar-refractivity contribution in [1.82, 2.24) is 4.90 Å². The number of likely N-dealkylation sites (tertiary alicyclic amines) is 1. The van der Waals surface area contributed by atoms with Crippen LogP contribution in [0.2, 0.25) is 0 Å². The van der Waals surface area contributed by atoms with Crippen LogP contribution in [-0.4, -0.2) is 41.9 Å². The van der Waals surface area contributed by atoms with Crippen molar-refractivity contribution < 1.29 is 9.50 Å². The van der Waals surface area contributed by atoms with Gasteiger partial charge >= 0.3 is 0 Å². The zero-order valence-corrected chi connectivity index (χ0v) is 6.42. The molecule has 0 aromatic heterocycles. The van der Waals surface area contributed by atoms with Crippen LogP contribution >= 0.6 is 0 Å². The normalized spacial score (nSPS) is 38.4. The molecule has 0 aromatic carbocycles. The number of aliphatic hydroxyl groups excluding tert-OH is 1. The lowest BCUT2D eigenvalue weighted by Gasteiger charge is -2.23. The number of rotatable bonds is 1. The maximum absolute atomic E-state index is 12.9. The van der Waals surface area contributed by atoms with Crippen molar-refractivity contribution in [2.75, 3.05) is 13.6 Å². The minimum atomic E-state index is -0.843. The van der Waals surface area contributed by atoms with Crippen molar-refractivity contribution >= 4 is 0 Å². The highest BCUT2D eigenvalue weighted by atomic mass is 19.1. The predicted molar refractivity (Wildman–Crippen MR) is 37.6 cm³/mol. The van der Waals surface area contributed by atoms with Gasteiger partial charge in [-0.15, -0.1) is 0 Å². The van der Waals surface area contributed by atoms with Gasteiger partial charge in [-0.2, -0.15) is 0 Å². The highest BCUT2D eigenvalue weighted by Gasteiger charge is 2.34. The van der Waals surface area contributed by atoms with Gasteiger partial charge in [-0.1, -0.05) is 0 Å². The summed E-state index contributed by atoms with van der Waals surface area (Å²) >= 11 is 0. The first-order valence-electron chi connectivity index (χ1n) is 3.65. The van der Waals surface area contributed by atoms with Crippen LogP contribution in [-0.2, 0) is 0 Å². The molecule has 0 amide bonds. The van der Waals surface area contributed by atoms with E-state index in [1.807, 2.05) is 11.9 Å². The van der Waals surface area contributed by atoms with E-state index in [2.05, 4.69) is 0 Å². The third-order valence-corrected chi connectivity index (χ3v) is 2.13. The van der Waals surface area contributed by atoms with Crippen molar-refractivity contribution in [3.05, 3.63) is 0 Å². The van der Waals surface area contributed by atoms with Gasteiger partial charge in [-0.25, -0.2) is 4.39 Å². The molecule has 0 bridgehead atoms. The van der Waals surface area contributed by atoms with Gasteiger partial charge < -0.3 is 5.11 Å². The van der Waals surface area contributed by atoms with Crippen LogP contribution in [0.3, 0.4) is 0 Å². The van der Waals surface area contributed by atoms with E-state index >= 15 is 0 Å². The summed E-state index contributed by atoms with van der Waals surface area (Å²) in [6.45, 7) is 2.40. The van der Waals surface area contributed by atoms with E-state index in [-0.39, 0.29) is 6.04 Å². The average Bonchev–Trinajstić information content (AvgIpc) is 2.11. The van der Waals surface area contributed by atoms with Crippen LogP contribution in [0.4, 0.5) is 4.39 Å². The van der Waals surface area contributed by atoms with Crippen LogP contribution in [0.5, 0.6) is 0 Å². The second-order valence-corrected chi connectivity index (χ2v) is 3.02. The number of aliphatic hydroxyl groups is 1. The summed E-state index contributed by atoms with van der Waals surface area (Å²) in [5.41, 5.74) is 0. The zero-order valence-electron chi connectivity index (χ0n) is 6.42. The van der Waals surface area contributed by atoms with Gasteiger partial charge in [0, 0.05) is 6.54 Å². The molecule has 3 heteroatoms. The van der Waals surface area contributed by atoms with Crippen molar-refractivity contribution in [3.63, 3.8) is 0 Å². The lowest BCUT2D eigenvalue weighted by atomic mass is 10.1. The summed E-state index contributed by atoms with van der Waals surface area (Å²) in [5.74, 6) is 0. The van der Waals surface area contributed by atoms with Crippen LogP contribution in [0.15, 0.2) is 0 Å². The van der Waals surface area contributed by atoms with Gasteiger partial charge in [0.15, 0.2) is 0 Å². The number of hydrogen-bond acceptors (Lipinski definition) is 2. The minimum absolute atomic E-state index is 0.278. The molecular weight excluding hydrogens is 133 g/mol. The van der Waals surface area contributed by atoms with E-state index in [1.165, 1.54) is 0 Å². The summed E-state index contributed by atoms with van der Waals surface area (Å²) in [4.78, 5) is 1.87. The smallest absolute Gasteiger partial charge is 0.119 e. The second-order valence-electron chi connectivity index (χ2n) is 3.02. The van der Waals surface area contributed by atoms with E-state index in [4.69, 9.17) is 5.11 Å². The molecule has 0 aliphatic carbocycles. The van der Waals surface area contributed by atoms with E-state index in [9.17, 15) is 4.39 Å². The van der Waals surface area contributed by atoms with Crippen LogP contribution < -0.4 is 0 Å². The van der Waals surface area contributed by atoms with Crippen LogP contribution in [0, 0.1) is 0 Å². The van der Waals surface area contributed by atoms with Crippen molar-refractivity contribution in [3.8, 4) is 0 Å².